The summed E-state index contributed by atoms with van der Waals surface area (Å²) in [6, 6.07) is 5.57. The third kappa shape index (κ3) is 3.52. The monoisotopic (exact) mass is 312 g/mol. The van der Waals surface area contributed by atoms with Crippen LogP contribution in [0.4, 0.5) is 11.4 Å². The highest BCUT2D eigenvalue weighted by molar-refractivity contribution is 7.80. The fraction of sp³-hybridized carbons (Fsp3) is 0.385. The molecule has 0 aliphatic carbocycles. The summed E-state index contributed by atoms with van der Waals surface area (Å²) in [6.45, 7) is 4.56. The van der Waals surface area contributed by atoms with E-state index in [-0.39, 0.29) is 11.0 Å². The standard InChI is InChI=1S/C13H17ClN4OS/c1-9(19)17-4-6-18(7-5-17)12-3-2-10(14)8-11(12)16-13(15)20/h2-3,8H,4-7H2,1H3,(H3,15,16,20). The molecule has 0 unspecified atom stereocenters. The average molecular weight is 313 g/mol. The van der Waals surface area contributed by atoms with E-state index in [4.69, 9.17) is 29.6 Å². The number of carbonyl (C=O) groups excluding carboxylic acids is 1. The Morgan fingerprint density at radius 2 is 2.00 bits per heavy atom. The number of nitrogens with two attached hydrogens (primary N) is 1. The van der Waals surface area contributed by atoms with E-state index in [1.54, 1.807) is 13.0 Å². The van der Waals surface area contributed by atoms with Crippen molar-refractivity contribution in [3.63, 3.8) is 0 Å². The van der Waals surface area contributed by atoms with Crippen molar-refractivity contribution in [1.29, 1.82) is 0 Å². The molecule has 2 rings (SSSR count). The summed E-state index contributed by atoms with van der Waals surface area (Å²) in [5, 5.41) is 3.77. The molecule has 1 aromatic carbocycles. The summed E-state index contributed by atoms with van der Waals surface area (Å²) < 4.78 is 0. The van der Waals surface area contributed by atoms with Crippen molar-refractivity contribution in [1.82, 2.24) is 4.90 Å². The molecule has 0 atom stereocenters. The average Bonchev–Trinajstić information content (AvgIpc) is 2.38. The third-order valence-electron chi connectivity index (χ3n) is 3.28. The Labute approximate surface area is 128 Å². The van der Waals surface area contributed by atoms with Crippen LogP contribution in [0.25, 0.3) is 0 Å². The molecule has 108 valence electrons. The fourth-order valence-corrected chi connectivity index (χ4v) is 2.56. The van der Waals surface area contributed by atoms with Crippen molar-refractivity contribution >= 4 is 46.2 Å². The topological polar surface area (TPSA) is 61.6 Å². The first-order valence-electron chi connectivity index (χ1n) is 6.34. The number of carbonyl (C=O) groups is 1. The maximum absolute atomic E-state index is 11.3. The Morgan fingerprint density at radius 3 is 2.55 bits per heavy atom. The molecule has 5 nitrogen and oxygen atoms in total. The van der Waals surface area contributed by atoms with Gasteiger partial charge in [-0.25, -0.2) is 0 Å². The third-order valence-corrected chi connectivity index (χ3v) is 3.62. The van der Waals surface area contributed by atoms with E-state index in [1.165, 1.54) is 0 Å². The second-order valence-corrected chi connectivity index (χ2v) is 5.52. The van der Waals surface area contributed by atoms with Gasteiger partial charge < -0.3 is 20.9 Å². The van der Waals surface area contributed by atoms with Gasteiger partial charge in [0, 0.05) is 38.1 Å². The Morgan fingerprint density at radius 1 is 1.35 bits per heavy atom. The zero-order valence-corrected chi connectivity index (χ0v) is 12.8. The van der Waals surface area contributed by atoms with Gasteiger partial charge in [-0.1, -0.05) is 11.6 Å². The number of benzene rings is 1. The number of anilines is 2. The molecule has 1 saturated heterocycles. The van der Waals surface area contributed by atoms with E-state index < -0.39 is 0 Å². The molecule has 0 aromatic heterocycles. The van der Waals surface area contributed by atoms with Gasteiger partial charge >= 0.3 is 0 Å². The largest absolute Gasteiger partial charge is 0.376 e. The Balaban J connectivity index is 2.16. The number of hydrogen-bond acceptors (Lipinski definition) is 3. The van der Waals surface area contributed by atoms with Crippen LogP contribution in [-0.2, 0) is 4.79 Å². The molecule has 7 heteroatoms. The fourth-order valence-electron chi connectivity index (χ4n) is 2.28. The van der Waals surface area contributed by atoms with Crippen molar-refractivity contribution in [2.45, 2.75) is 6.92 Å². The van der Waals surface area contributed by atoms with Crippen LogP contribution >= 0.6 is 23.8 Å². The van der Waals surface area contributed by atoms with E-state index in [9.17, 15) is 4.79 Å². The first-order valence-corrected chi connectivity index (χ1v) is 7.12. The number of nitrogens with zero attached hydrogens (tertiary/aromatic N) is 2. The Bertz CT molecular complexity index is 529. The number of hydrogen-bond donors (Lipinski definition) is 2. The van der Waals surface area contributed by atoms with E-state index in [0.717, 1.165) is 24.5 Å². The number of thiocarbonyl (C=S) groups is 1. The number of piperazine rings is 1. The molecule has 3 N–H and O–H groups in total. The van der Waals surface area contributed by atoms with Crippen molar-refractivity contribution in [2.24, 2.45) is 5.73 Å². The van der Waals surface area contributed by atoms with Crippen LogP contribution in [0.5, 0.6) is 0 Å². The molecule has 0 saturated carbocycles. The lowest BCUT2D eigenvalue weighted by atomic mass is 10.2. The molecule has 1 aliphatic rings. The summed E-state index contributed by atoms with van der Waals surface area (Å²) in [6.07, 6.45) is 0. The number of halogens is 1. The van der Waals surface area contributed by atoms with Gasteiger partial charge in [0.05, 0.1) is 11.4 Å². The molecule has 1 aromatic rings. The molecule has 1 heterocycles. The van der Waals surface area contributed by atoms with Gasteiger partial charge in [-0.3, -0.25) is 4.79 Å². The Kier molecular flexibility index (Phi) is 4.67. The van der Waals surface area contributed by atoms with Crippen molar-refractivity contribution in [3.05, 3.63) is 23.2 Å². The molecular weight excluding hydrogens is 296 g/mol. The van der Waals surface area contributed by atoms with Gasteiger partial charge in [-0.05, 0) is 30.4 Å². The first-order chi connectivity index (χ1) is 9.47. The van der Waals surface area contributed by atoms with Crippen LogP contribution in [0.3, 0.4) is 0 Å². The quantitative estimate of drug-likeness (QED) is 0.813. The van der Waals surface area contributed by atoms with Crippen LogP contribution in [0.15, 0.2) is 18.2 Å². The van der Waals surface area contributed by atoms with E-state index in [1.807, 2.05) is 17.0 Å². The summed E-state index contributed by atoms with van der Waals surface area (Å²) in [4.78, 5) is 15.4. The maximum atomic E-state index is 11.3. The molecule has 0 spiro atoms. The zero-order chi connectivity index (χ0) is 14.7. The van der Waals surface area contributed by atoms with Gasteiger partial charge in [0.15, 0.2) is 5.11 Å². The smallest absolute Gasteiger partial charge is 0.219 e. The minimum absolute atomic E-state index is 0.113. The van der Waals surface area contributed by atoms with Crippen molar-refractivity contribution in [2.75, 3.05) is 36.4 Å². The number of rotatable bonds is 2. The minimum atomic E-state index is 0.113. The van der Waals surface area contributed by atoms with E-state index >= 15 is 0 Å². The zero-order valence-electron chi connectivity index (χ0n) is 11.2. The van der Waals surface area contributed by atoms with Crippen molar-refractivity contribution in [3.8, 4) is 0 Å². The van der Waals surface area contributed by atoms with E-state index in [2.05, 4.69) is 10.2 Å². The van der Waals surface area contributed by atoms with E-state index in [0.29, 0.717) is 18.1 Å². The van der Waals surface area contributed by atoms with Crippen LogP contribution < -0.4 is 16.0 Å². The maximum Gasteiger partial charge on any atom is 0.219 e. The molecule has 1 fully saturated rings. The highest BCUT2D eigenvalue weighted by Gasteiger charge is 2.20. The minimum Gasteiger partial charge on any atom is -0.376 e. The molecule has 20 heavy (non-hydrogen) atoms. The summed E-state index contributed by atoms with van der Waals surface area (Å²) in [5.74, 6) is 0.113. The molecule has 1 aliphatic heterocycles. The van der Waals surface area contributed by atoms with Crippen molar-refractivity contribution < 1.29 is 4.79 Å². The summed E-state index contributed by atoms with van der Waals surface area (Å²) in [7, 11) is 0. The second-order valence-electron chi connectivity index (χ2n) is 4.64. The molecular formula is C13H17ClN4OS. The van der Waals surface area contributed by atoms with Crippen LogP contribution in [0.1, 0.15) is 6.92 Å². The van der Waals surface area contributed by atoms with Crippen LogP contribution in [0.2, 0.25) is 5.02 Å². The lowest BCUT2D eigenvalue weighted by molar-refractivity contribution is -0.129. The van der Waals surface area contributed by atoms with Crippen LogP contribution in [-0.4, -0.2) is 42.1 Å². The van der Waals surface area contributed by atoms with Gasteiger partial charge in [-0.15, -0.1) is 0 Å². The normalized spacial score (nSPS) is 15.1. The number of nitrogens with one attached hydrogen (secondary N) is 1. The SMILES string of the molecule is CC(=O)N1CCN(c2ccc(Cl)cc2NC(N)=S)CC1. The Hall–Kier alpha value is -1.53. The molecule has 0 bridgehead atoms. The molecule has 0 radical (unpaired) electrons. The lowest BCUT2D eigenvalue weighted by Gasteiger charge is -2.36. The van der Waals surface area contributed by atoms with Crippen LogP contribution in [0, 0.1) is 0 Å². The number of amides is 1. The highest BCUT2D eigenvalue weighted by atomic mass is 35.5. The van der Waals surface area contributed by atoms with Gasteiger partial charge in [0.1, 0.15) is 0 Å². The summed E-state index contributed by atoms with van der Waals surface area (Å²) in [5.41, 5.74) is 7.32. The lowest BCUT2D eigenvalue weighted by Crippen LogP contribution is -2.48. The van der Waals surface area contributed by atoms with Gasteiger partial charge in [0.2, 0.25) is 5.91 Å². The predicted octanol–water partition coefficient (Wildman–Crippen LogP) is 1.66. The second kappa shape index (κ2) is 6.28. The predicted molar refractivity (Wildman–Crippen MR) is 86.3 cm³/mol. The first kappa shape index (κ1) is 14.9. The highest BCUT2D eigenvalue weighted by Crippen LogP contribution is 2.29. The van der Waals surface area contributed by atoms with Gasteiger partial charge in [-0.2, -0.15) is 0 Å². The summed E-state index contributed by atoms with van der Waals surface area (Å²) >= 11 is 10.9. The molecule has 1 amide bonds. The van der Waals surface area contributed by atoms with Gasteiger partial charge in [0.25, 0.3) is 0 Å².